The van der Waals surface area contributed by atoms with Gasteiger partial charge in [0.1, 0.15) is 29.4 Å². The minimum Gasteiger partial charge on any atom is -0.496 e. The Morgan fingerprint density at radius 3 is 2.69 bits per heavy atom. The van der Waals surface area contributed by atoms with Crippen molar-refractivity contribution in [2.75, 3.05) is 7.11 Å². The lowest BCUT2D eigenvalue weighted by Gasteiger charge is -2.12. The van der Waals surface area contributed by atoms with Gasteiger partial charge in [-0.15, -0.1) is 0 Å². The van der Waals surface area contributed by atoms with Crippen LogP contribution in [0.25, 0.3) is 33.2 Å². The number of fused-ring (bicyclic) bond motifs is 2. The monoisotopic (exact) mass is 426 g/mol. The molecule has 2 heterocycles. The molecule has 7 nitrogen and oxygen atoms in total. The molecule has 0 fully saturated rings. The number of hydrogen-bond donors (Lipinski definition) is 1. The Kier molecular flexibility index (Phi) is 5.07. The zero-order valence-electron chi connectivity index (χ0n) is 17.8. The molecular weight excluding hydrogens is 404 g/mol. The first-order valence-corrected chi connectivity index (χ1v) is 10.4. The first-order chi connectivity index (χ1) is 15.7. The predicted molar refractivity (Wildman–Crippen MR) is 124 cm³/mol. The zero-order valence-corrected chi connectivity index (χ0v) is 17.8. The number of aryl methyl sites for hydroxylation is 1. The Hall–Kier alpha value is -4.13. The molecule has 32 heavy (non-hydrogen) atoms. The smallest absolute Gasteiger partial charge is 0.277 e. The number of H-pyrrole nitrogens is 1. The maximum atomic E-state index is 12.6. The van der Waals surface area contributed by atoms with E-state index in [1.54, 1.807) is 18.0 Å². The van der Waals surface area contributed by atoms with Gasteiger partial charge >= 0.3 is 0 Å². The first-order valence-electron chi connectivity index (χ1n) is 10.4. The van der Waals surface area contributed by atoms with Crippen molar-refractivity contribution in [2.45, 2.75) is 20.1 Å². The third-order valence-corrected chi connectivity index (χ3v) is 5.47. The quantitative estimate of drug-likeness (QED) is 0.431. The van der Waals surface area contributed by atoms with Gasteiger partial charge in [0.25, 0.3) is 5.56 Å². The van der Waals surface area contributed by atoms with E-state index in [1.807, 2.05) is 55.5 Å². The topological polar surface area (TPSA) is 82.0 Å². The highest BCUT2D eigenvalue weighted by molar-refractivity contribution is 5.83. The number of nitrogens with one attached hydrogen (secondary N) is 1. The summed E-state index contributed by atoms with van der Waals surface area (Å²) in [4.78, 5) is 20.1. The fourth-order valence-electron chi connectivity index (χ4n) is 3.84. The van der Waals surface area contributed by atoms with Crippen molar-refractivity contribution in [1.29, 1.82) is 0 Å². The summed E-state index contributed by atoms with van der Waals surface area (Å²) < 4.78 is 13.2. The maximum absolute atomic E-state index is 12.6. The molecule has 5 rings (SSSR count). The number of benzene rings is 3. The lowest BCUT2D eigenvalue weighted by Crippen LogP contribution is -2.13. The number of hydrogen-bond acceptors (Lipinski definition) is 5. The largest absolute Gasteiger partial charge is 0.496 e. The molecule has 0 bridgehead atoms. The van der Waals surface area contributed by atoms with Gasteiger partial charge in [-0.05, 0) is 48.0 Å². The second kappa shape index (κ2) is 8.19. The molecule has 0 amide bonds. The van der Waals surface area contributed by atoms with E-state index in [2.05, 4.69) is 27.2 Å². The van der Waals surface area contributed by atoms with Gasteiger partial charge in [-0.3, -0.25) is 9.48 Å². The molecule has 5 aromatic rings. The van der Waals surface area contributed by atoms with Crippen LogP contribution in [-0.2, 0) is 13.2 Å². The predicted octanol–water partition coefficient (Wildman–Crippen LogP) is 4.55. The summed E-state index contributed by atoms with van der Waals surface area (Å²) in [7, 11) is 1.62. The van der Waals surface area contributed by atoms with Gasteiger partial charge in [0.15, 0.2) is 5.52 Å². The Balaban J connectivity index is 1.47. The average Bonchev–Trinajstić information content (AvgIpc) is 3.26. The van der Waals surface area contributed by atoms with Crippen LogP contribution in [0.15, 0.2) is 71.7 Å². The highest BCUT2D eigenvalue weighted by Crippen LogP contribution is 2.27. The second-order valence-corrected chi connectivity index (χ2v) is 7.43. The van der Waals surface area contributed by atoms with Gasteiger partial charge in [-0.1, -0.05) is 30.3 Å². The van der Waals surface area contributed by atoms with Crippen LogP contribution in [0.2, 0.25) is 0 Å². The summed E-state index contributed by atoms with van der Waals surface area (Å²) in [6.45, 7) is 2.85. The summed E-state index contributed by atoms with van der Waals surface area (Å²) >= 11 is 0. The van der Waals surface area contributed by atoms with Crippen molar-refractivity contribution >= 4 is 21.8 Å². The summed E-state index contributed by atoms with van der Waals surface area (Å²) in [6.07, 6.45) is 1.62. The Bertz CT molecular complexity index is 1490. The number of ether oxygens (including phenoxy) is 2. The van der Waals surface area contributed by atoms with Gasteiger partial charge in [-0.2, -0.15) is 5.10 Å². The summed E-state index contributed by atoms with van der Waals surface area (Å²) in [5.74, 6) is 1.96. The van der Waals surface area contributed by atoms with Crippen LogP contribution in [-0.4, -0.2) is 26.9 Å². The molecule has 0 aliphatic carbocycles. The lowest BCUT2D eigenvalue weighted by molar-refractivity contribution is 0.297. The molecular formula is C25H22N4O3. The van der Waals surface area contributed by atoms with E-state index in [-0.39, 0.29) is 5.56 Å². The molecule has 0 saturated carbocycles. The molecule has 3 aromatic carbocycles. The van der Waals surface area contributed by atoms with Crippen LogP contribution in [0.3, 0.4) is 0 Å². The molecule has 0 atom stereocenters. The van der Waals surface area contributed by atoms with Crippen molar-refractivity contribution in [2.24, 2.45) is 0 Å². The Morgan fingerprint density at radius 2 is 1.88 bits per heavy atom. The number of aromatic nitrogens is 4. The molecule has 2 aromatic heterocycles. The lowest BCUT2D eigenvalue weighted by atomic mass is 10.1. The zero-order chi connectivity index (χ0) is 22.1. The Labute approximate surface area is 184 Å². The van der Waals surface area contributed by atoms with Crippen molar-refractivity contribution in [1.82, 2.24) is 19.7 Å². The molecule has 0 aliphatic heterocycles. The third kappa shape index (κ3) is 3.58. The highest BCUT2D eigenvalue weighted by Gasteiger charge is 2.13. The van der Waals surface area contributed by atoms with Crippen molar-refractivity contribution < 1.29 is 9.47 Å². The molecule has 160 valence electrons. The maximum Gasteiger partial charge on any atom is 0.277 e. The number of rotatable bonds is 6. The van der Waals surface area contributed by atoms with Gasteiger partial charge in [0.2, 0.25) is 0 Å². The van der Waals surface area contributed by atoms with Crippen LogP contribution in [0.5, 0.6) is 11.5 Å². The standard InChI is InChI=1S/C25H22N4O3/c1-3-29-23-21(14-26-29)27-24(28-25(23)30)18-9-11-22(31-2)19(12-18)15-32-20-10-8-16-6-4-5-7-17(16)13-20/h4-14H,3,15H2,1-2H3,(H,27,28,30). The summed E-state index contributed by atoms with van der Waals surface area (Å²) in [6, 6.07) is 19.8. The van der Waals surface area contributed by atoms with Crippen molar-refractivity contribution in [3.63, 3.8) is 0 Å². The fourth-order valence-corrected chi connectivity index (χ4v) is 3.84. The van der Waals surface area contributed by atoms with Crippen LogP contribution >= 0.6 is 0 Å². The minimum absolute atomic E-state index is 0.214. The fraction of sp³-hybridized carbons (Fsp3) is 0.160. The van der Waals surface area contributed by atoms with Crippen LogP contribution < -0.4 is 15.0 Å². The van der Waals surface area contributed by atoms with E-state index >= 15 is 0 Å². The number of nitrogens with zero attached hydrogens (tertiary/aromatic N) is 3. The van der Waals surface area contributed by atoms with Crippen LogP contribution in [0.1, 0.15) is 12.5 Å². The van der Waals surface area contributed by atoms with Crippen LogP contribution in [0.4, 0.5) is 0 Å². The van der Waals surface area contributed by atoms with E-state index in [0.717, 1.165) is 27.6 Å². The Morgan fingerprint density at radius 1 is 1.03 bits per heavy atom. The molecule has 0 aliphatic rings. The van der Waals surface area contributed by atoms with Gasteiger partial charge in [0, 0.05) is 17.7 Å². The van der Waals surface area contributed by atoms with E-state index in [0.29, 0.717) is 35.8 Å². The molecule has 0 unspecified atom stereocenters. The number of aromatic amines is 1. The van der Waals surface area contributed by atoms with Gasteiger partial charge in [0.05, 0.1) is 13.3 Å². The van der Waals surface area contributed by atoms with Crippen molar-refractivity contribution in [3.8, 4) is 22.9 Å². The van der Waals surface area contributed by atoms with E-state index in [4.69, 9.17) is 9.47 Å². The molecule has 0 saturated heterocycles. The molecule has 0 spiro atoms. The van der Waals surface area contributed by atoms with Gasteiger partial charge in [-0.25, -0.2) is 4.98 Å². The van der Waals surface area contributed by atoms with Gasteiger partial charge < -0.3 is 14.5 Å². The SMILES string of the molecule is CCn1ncc2nc(-c3ccc(OC)c(COc4ccc5ccccc5c4)c3)[nH]c(=O)c21. The summed E-state index contributed by atoms with van der Waals surface area (Å²) in [5.41, 5.74) is 2.45. The molecule has 1 N–H and O–H groups in total. The van der Waals surface area contributed by atoms with E-state index in [9.17, 15) is 4.79 Å². The molecule has 7 heteroatoms. The first kappa shape index (κ1) is 19.8. The third-order valence-electron chi connectivity index (χ3n) is 5.47. The summed E-state index contributed by atoms with van der Waals surface area (Å²) in [5, 5.41) is 6.52. The number of methoxy groups -OCH3 is 1. The average molecular weight is 426 g/mol. The van der Waals surface area contributed by atoms with E-state index in [1.165, 1.54) is 0 Å². The molecule has 0 radical (unpaired) electrons. The normalized spacial score (nSPS) is 11.2. The van der Waals surface area contributed by atoms with Crippen molar-refractivity contribution in [3.05, 3.63) is 82.8 Å². The highest BCUT2D eigenvalue weighted by atomic mass is 16.5. The van der Waals surface area contributed by atoms with E-state index < -0.39 is 0 Å². The van der Waals surface area contributed by atoms with Crippen LogP contribution in [0, 0.1) is 0 Å². The minimum atomic E-state index is -0.214. The second-order valence-electron chi connectivity index (χ2n) is 7.43.